The number of aromatic nitrogens is 1. The van der Waals surface area contributed by atoms with Crippen LogP contribution in [-0.4, -0.2) is 24.6 Å². The average Bonchev–Trinajstić information content (AvgIpc) is 3.20. The third-order valence-electron chi connectivity index (χ3n) is 3.53. The number of hydrogen-bond acceptors (Lipinski definition) is 4. The number of esters is 1. The van der Waals surface area contributed by atoms with Crippen LogP contribution in [0.4, 0.5) is 0 Å². The van der Waals surface area contributed by atoms with E-state index in [9.17, 15) is 4.79 Å². The van der Waals surface area contributed by atoms with Gasteiger partial charge in [-0.3, -0.25) is 4.98 Å². The number of carbonyl (C=O) groups excluding carboxylic acids is 1. The summed E-state index contributed by atoms with van der Waals surface area (Å²) in [5.41, 5.74) is 3.99. The number of hydrogen-bond donors (Lipinski definition) is 1. The summed E-state index contributed by atoms with van der Waals surface area (Å²) in [6, 6.07) is 0. The summed E-state index contributed by atoms with van der Waals surface area (Å²) in [5.74, 6) is 0.252. The van der Waals surface area contributed by atoms with E-state index in [1.54, 1.807) is 0 Å². The highest BCUT2D eigenvalue weighted by atomic mass is 16.5. The van der Waals surface area contributed by atoms with Crippen LogP contribution in [-0.2, 0) is 17.7 Å². The van der Waals surface area contributed by atoms with Crippen molar-refractivity contribution < 1.29 is 9.53 Å². The molecular formula is C14H20N2O2. The number of ether oxygens (including phenoxy) is 1. The number of fused-ring (bicyclic) bond motifs is 1. The molecule has 2 heterocycles. The molecule has 3 rings (SSSR count). The molecule has 4 heteroatoms. The van der Waals surface area contributed by atoms with Crippen molar-refractivity contribution >= 4 is 5.97 Å². The zero-order valence-corrected chi connectivity index (χ0v) is 9.95. The highest BCUT2D eigenvalue weighted by Crippen LogP contribution is 2.42. The molecule has 4 nitrogen and oxygen atoms in total. The average molecular weight is 248 g/mol. The number of rotatable bonds is 2. The van der Waals surface area contributed by atoms with E-state index in [-0.39, 0.29) is 13.4 Å². The molecular weight excluding hydrogens is 228 g/mol. The second kappa shape index (κ2) is 5.06. The molecule has 98 valence electrons. The largest absolute Gasteiger partial charge is 0.465 e. The molecule has 2 aliphatic rings. The molecule has 1 aromatic rings. The maximum Gasteiger partial charge on any atom is 0.340 e. The van der Waals surface area contributed by atoms with Gasteiger partial charge in [0.05, 0.1) is 18.4 Å². The number of nitrogens with one attached hydrogen (secondary N) is 1. The Bertz CT molecular complexity index is 467. The Morgan fingerprint density at radius 1 is 1.50 bits per heavy atom. The predicted octanol–water partition coefficient (Wildman–Crippen LogP) is 2.03. The number of nitrogens with zero attached hydrogens (tertiary/aromatic N) is 1. The Labute approximate surface area is 108 Å². The molecule has 1 saturated carbocycles. The maximum absolute atomic E-state index is 12.0. The van der Waals surface area contributed by atoms with Crippen LogP contribution in [0.15, 0.2) is 6.20 Å². The standard InChI is InChI=1S/C13H16N2O2.CH4/c1-17-13(16)11-10-4-5-14-6-9(10)7-15-12(11)8-2-3-8;/h7-8,14H,2-6H2,1H3;1H4. The van der Waals surface area contributed by atoms with E-state index >= 15 is 0 Å². The molecule has 0 spiro atoms. The molecule has 1 N–H and O–H groups in total. The molecule has 0 unspecified atom stereocenters. The molecule has 18 heavy (non-hydrogen) atoms. The maximum atomic E-state index is 12.0. The van der Waals surface area contributed by atoms with Crippen molar-refractivity contribution in [2.45, 2.75) is 39.2 Å². The first kappa shape index (κ1) is 13.0. The third-order valence-corrected chi connectivity index (χ3v) is 3.53. The molecule has 0 bridgehead atoms. The van der Waals surface area contributed by atoms with Crippen LogP contribution in [0.2, 0.25) is 0 Å². The Hall–Kier alpha value is -1.42. The minimum absolute atomic E-state index is 0. The summed E-state index contributed by atoms with van der Waals surface area (Å²) in [6.45, 7) is 1.72. The lowest BCUT2D eigenvalue weighted by Crippen LogP contribution is -2.27. The zero-order chi connectivity index (χ0) is 11.8. The van der Waals surface area contributed by atoms with E-state index in [1.165, 1.54) is 7.11 Å². The SMILES string of the molecule is C.COC(=O)c1c(C2CC2)ncc2c1CCNC2. The van der Waals surface area contributed by atoms with Gasteiger partial charge in [-0.25, -0.2) is 4.79 Å². The van der Waals surface area contributed by atoms with Gasteiger partial charge in [0.25, 0.3) is 0 Å². The Morgan fingerprint density at radius 3 is 2.94 bits per heavy atom. The molecule has 0 aromatic carbocycles. The van der Waals surface area contributed by atoms with Crippen LogP contribution in [0, 0.1) is 0 Å². The lowest BCUT2D eigenvalue weighted by molar-refractivity contribution is 0.0597. The van der Waals surface area contributed by atoms with Gasteiger partial charge in [-0.1, -0.05) is 7.43 Å². The molecule has 0 amide bonds. The van der Waals surface area contributed by atoms with Gasteiger partial charge in [-0.05, 0) is 36.9 Å². The molecule has 1 fully saturated rings. The molecule has 1 aliphatic carbocycles. The number of pyridine rings is 1. The van der Waals surface area contributed by atoms with Gasteiger partial charge in [0.15, 0.2) is 0 Å². The molecule has 1 aliphatic heterocycles. The van der Waals surface area contributed by atoms with Crippen molar-refractivity contribution in [2.75, 3.05) is 13.7 Å². The normalized spacial score (nSPS) is 17.6. The summed E-state index contributed by atoms with van der Waals surface area (Å²) < 4.78 is 4.92. The quantitative estimate of drug-likeness (QED) is 0.814. The van der Waals surface area contributed by atoms with Crippen LogP contribution in [0.3, 0.4) is 0 Å². The fourth-order valence-corrected chi connectivity index (χ4v) is 2.48. The van der Waals surface area contributed by atoms with Crippen LogP contribution < -0.4 is 5.32 Å². The second-order valence-corrected chi connectivity index (χ2v) is 4.71. The van der Waals surface area contributed by atoms with Crippen molar-refractivity contribution in [1.29, 1.82) is 0 Å². The highest BCUT2D eigenvalue weighted by molar-refractivity contribution is 5.93. The summed E-state index contributed by atoms with van der Waals surface area (Å²) in [4.78, 5) is 16.4. The van der Waals surface area contributed by atoms with Crippen molar-refractivity contribution in [3.8, 4) is 0 Å². The van der Waals surface area contributed by atoms with Gasteiger partial charge in [-0.2, -0.15) is 0 Å². The highest BCUT2D eigenvalue weighted by Gasteiger charge is 2.32. The van der Waals surface area contributed by atoms with Gasteiger partial charge >= 0.3 is 5.97 Å². The summed E-state index contributed by atoms with van der Waals surface area (Å²) >= 11 is 0. The number of methoxy groups -OCH3 is 1. The Kier molecular flexibility index (Phi) is 3.66. The monoisotopic (exact) mass is 248 g/mol. The Morgan fingerprint density at radius 2 is 2.28 bits per heavy atom. The van der Waals surface area contributed by atoms with Crippen molar-refractivity contribution in [2.24, 2.45) is 0 Å². The smallest absolute Gasteiger partial charge is 0.340 e. The first-order valence-electron chi connectivity index (χ1n) is 6.11. The van der Waals surface area contributed by atoms with Crippen molar-refractivity contribution in [3.05, 3.63) is 28.6 Å². The van der Waals surface area contributed by atoms with E-state index in [4.69, 9.17) is 4.74 Å². The summed E-state index contributed by atoms with van der Waals surface area (Å²) in [6.07, 6.45) is 5.10. The van der Waals surface area contributed by atoms with Gasteiger partial charge in [0, 0.05) is 18.7 Å². The lowest BCUT2D eigenvalue weighted by atomic mass is 9.94. The Balaban J connectivity index is 0.00000120. The molecule has 0 saturated heterocycles. The summed E-state index contributed by atoms with van der Waals surface area (Å²) in [5, 5.41) is 3.30. The second-order valence-electron chi connectivity index (χ2n) is 4.71. The fraction of sp³-hybridized carbons (Fsp3) is 0.571. The molecule has 1 aromatic heterocycles. The van der Waals surface area contributed by atoms with E-state index in [1.807, 2.05) is 6.20 Å². The van der Waals surface area contributed by atoms with Crippen molar-refractivity contribution in [3.63, 3.8) is 0 Å². The van der Waals surface area contributed by atoms with Gasteiger partial charge in [0.2, 0.25) is 0 Å². The zero-order valence-electron chi connectivity index (χ0n) is 9.95. The first-order chi connectivity index (χ1) is 8.31. The van der Waals surface area contributed by atoms with Crippen LogP contribution in [0.25, 0.3) is 0 Å². The lowest BCUT2D eigenvalue weighted by Gasteiger charge is -2.21. The molecule has 0 atom stereocenters. The first-order valence-corrected chi connectivity index (χ1v) is 6.11. The van der Waals surface area contributed by atoms with E-state index in [0.717, 1.165) is 54.7 Å². The minimum Gasteiger partial charge on any atom is -0.465 e. The fourth-order valence-electron chi connectivity index (χ4n) is 2.48. The number of carbonyl (C=O) groups is 1. The van der Waals surface area contributed by atoms with Crippen LogP contribution in [0.5, 0.6) is 0 Å². The van der Waals surface area contributed by atoms with E-state index in [0.29, 0.717) is 5.92 Å². The van der Waals surface area contributed by atoms with Gasteiger partial charge < -0.3 is 10.1 Å². The van der Waals surface area contributed by atoms with Crippen LogP contribution in [0.1, 0.15) is 53.4 Å². The van der Waals surface area contributed by atoms with Gasteiger partial charge in [-0.15, -0.1) is 0 Å². The van der Waals surface area contributed by atoms with E-state index < -0.39 is 0 Å². The topological polar surface area (TPSA) is 51.2 Å². The molecule has 0 radical (unpaired) electrons. The predicted molar refractivity (Wildman–Crippen MR) is 69.7 cm³/mol. The minimum atomic E-state index is -0.224. The summed E-state index contributed by atoms with van der Waals surface area (Å²) in [7, 11) is 1.44. The van der Waals surface area contributed by atoms with Crippen LogP contribution >= 0.6 is 0 Å². The van der Waals surface area contributed by atoms with Gasteiger partial charge in [0.1, 0.15) is 0 Å². The van der Waals surface area contributed by atoms with Crippen molar-refractivity contribution in [1.82, 2.24) is 10.3 Å². The third kappa shape index (κ3) is 2.12. The van der Waals surface area contributed by atoms with E-state index in [2.05, 4.69) is 10.3 Å².